The zero-order valence-electron chi connectivity index (χ0n) is 16.7. The number of carboxylic acid groups (broad SMARTS) is 1. The van der Waals surface area contributed by atoms with Gasteiger partial charge >= 0.3 is 5.97 Å². The fourth-order valence-electron chi connectivity index (χ4n) is 3.13. The largest absolute Gasteiger partial charge is 0.486 e. The minimum absolute atomic E-state index is 0.181. The Morgan fingerprint density at radius 1 is 1.07 bits per heavy atom. The molecule has 0 aliphatic rings. The molecule has 2 aromatic carbocycles. The lowest BCUT2D eigenvalue weighted by molar-refractivity contribution is 0.0696. The van der Waals surface area contributed by atoms with Crippen molar-refractivity contribution in [3.8, 4) is 17.2 Å². The first-order chi connectivity index (χ1) is 14.5. The van der Waals surface area contributed by atoms with Crippen LogP contribution in [0.2, 0.25) is 0 Å². The van der Waals surface area contributed by atoms with Gasteiger partial charge in [-0.3, -0.25) is 4.98 Å². The average Bonchev–Trinajstić information content (AvgIpc) is 3.08. The second-order valence-corrected chi connectivity index (χ2v) is 6.84. The first-order valence-corrected chi connectivity index (χ1v) is 9.57. The molecule has 2 aromatic heterocycles. The Bertz CT molecular complexity index is 1220. The lowest BCUT2D eigenvalue weighted by Crippen LogP contribution is -2.04. The summed E-state index contributed by atoms with van der Waals surface area (Å²) in [4.78, 5) is 19.9. The molecule has 0 spiro atoms. The van der Waals surface area contributed by atoms with Crippen LogP contribution in [0.15, 0.2) is 60.9 Å². The third-order valence-corrected chi connectivity index (χ3v) is 4.81. The number of aromatic nitrogens is 3. The molecular weight excluding hydrogens is 382 g/mol. The third kappa shape index (κ3) is 4.10. The van der Waals surface area contributed by atoms with E-state index in [9.17, 15) is 4.79 Å². The normalized spacial score (nSPS) is 10.9. The van der Waals surface area contributed by atoms with Crippen LogP contribution in [-0.2, 0) is 20.1 Å². The molecule has 0 atom stereocenters. The van der Waals surface area contributed by atoms with Gasteiger partial charge in [-0.25, -0.2) is 9.78 Å². The first-order valence-electron chi connectivity index (χ1n) is 9.57. The van der Waals surface area contributed by atoms with E-state index in [0.29, 0.717) is 17.2 Å². The van der Waals surface area contributed by atoms with Crippen LogP contribution in [0.1, 0.15) is 28.7 Å². The molecular formula is C23H21N3O4. The zero-order chi connectivity index (χ0) is 21.1. The van der Waals surface area contributed by atoms with Gasteiger partial charge in [0.2, 0.25) is 0 Å². The molecule has 0 aliphatic heterocycles. The van der Waals surface area contributed by atoms with Gasteiger partial charge < -0.3 is 19.1 Å². The van der Waals surface area contributed by atoms with Crippen molar-refractivity contribution in [2.45, 2.75) is 20.0 Å². The number of carbonyl (C=O) groups is 1. The molecule has 30 heavy (non-hydrogen) atoms. The molecule has 0 aliphatic carbocycles. The van der Waals surface area contributed by atoms with E-state index in [1.807, 2.05) is 42.1 Å². The van der Waals surface area contributed by atoms with E-state index in [2.05, 4.69) is 16.9 Å². The fraction of sp³-hybridized carbons (Fsp3) is 0.174. The predicted octanol–water partition coefficient (Wildman–Crippen LogP) is 4.60. The van der Waals surface area contributed by atoms with E-state index in [1.165, 1.54) is 12.1 Å². The second kappa shape index (κ2) is 8.24. The molecule has 0 unspecified atom stereocenters. The third-order valence-electron chi connectivity index (χ3n) is 4.81. The van der Waals surface area contributed by atoms with Crippen molar-refractivity contribution in [2.24, 2.45) is 7.05 Å². The van der Waals surface area contributed by atoms with E-state index in [0.717, 1.165) is 28.8 Å². The van der Waals surface area contributed by atoms with Gasteiger partial charge in [-0.05, 0) is 48.4 Å². The highest BCUT2D eigenvalue weighted by Gasteiger charge is 2.11. The fourth-order valence-corrected chi connectivity index (χ4v) is 3.13. The number of ether oxygens (including phenoxy) is 2. The molecule has 152 valence electrons. The quantitative estimate of drug-likeness (QED) is 0.485. The standard InChI is InChI=1S/C23H21N3O4/c1-3-15-9-19(13-24-12-15)30-18-7-8-20-21(11-18)26(2)22(25-20)14-29-17-6-4-5-16(10-17)23(27)28/h4-13H,3,14H2,1-2H3,(H,27,28). The summed E-state index contributed by atoms with van der Waals surface area (Å²) in [7, 11) is 1.91. The van der Waals surface area contributed by atoms with Crippen molar-refractivity contribution in [2.75, 3.05) is 0 Å². The lowest BCUT2D eigenvalue weighted by atomic mass is 10.2. The molecule has 7 heteroatoms. The van der Waals surface area contributed by atoms with Crippen molar-refractivity contribution in [3.05, 3.63) is 77.9 Å². The molecule has 0 fully saturated rings. The van der Waals surface area contributed by atoms with E-state index < -0.39 is 5.97 Å². The maximum atomic E-state index is 11.1. The number of nitrogens with zero attached hydrogens (tertiary/aromatic N) is 3. The first kappa shape index (κ1) is 19.4. The van der Waals surface area contributed by atoms with E-state index in [1.54, 1.807) is 18.3 Å². The highest BCUT2D eigenvalue weighted by molar-refractivity contribution is 5.88. The minimum atomic E-state index is -0.990. The molecule has 0 saturated carbocycles. The van der Waals surface area contributed by atoms with Crippen LogP contribution in [0, 0.1) is 0 Å². The van der Waals surface area contributed by atoms with Gasteiger partial charge in [0.05, 0.1) is 22.8 Å². The summed E-state index contributed by atoms with van der Waals surface area (Å²) in [6.07, 6.45) is 4.41. The van der Waals surface area contributed by atoms with Crippen LogP contribution in [0.25, 0.3) is 11.0 Å². The average molecular weight is 403 g/mol. The highest BCUT2D eigenvalue weighted by atomic mass is 16.5. The van der Waals surface area contributed by atoms with Crippen molar-refractivity contribution in [1.29, 1.82) is 0 Å². The Kier molecular flexibility index (Phi) is 5.34. The Morgan fingerprint density at radius 2 is 1.93 bits per heavy atom. The highest BCUT2D eigenvalue weighted by Crippen LogP contribution is 2.26. The van der Waals surface area contributed by atoms with Crippen LogP contribution in [-0.4, -0.2) is 25.6 Å². The molecule has 0 amide bonds. The van der Waals surface area contributed by atoms with Gasteiger partial charge in [0.1, 0.15) is 29.7 Å². The van der Waals surface area contributed by atoms with Gasteiger partial charge in [0, 0.05) is 19.3 Å². The van der Waals surface area contributed by atoms with Gasteiger partial charge in [-0.2, -0.15) is 0 Å². The van der Waals surface area contributed by atoms with Crippen molar-refractivity contribution in [3.63, 3.8) is 0 Å². The number of aromatic carboxylic acids is 1. The summed E-state index contributed by atoms with van der Waals surface area (Å²) in [5.74, 6) is 1.60. The summed E-state index contributed by atoms with van der Waals surface area (Å²) >= 11 is 0. The maximum Gasteiger partial charge on any atom is 0.335 e. The molecule has 1 N–H and O–H groups in total. The number of fused-ring (bicyclic) bond motifs is 1. The summed E-state index contributed by atoms with van der Waals surface area (Å²) in [5.41, 5.74) is 3.02. The molecule has 4 aromatic rings. The Morgan fingerprint density at radius 3 is 2.73 bits per heavy atom. The number of aryl methyl sites for hydroxylation is 2. The van der Waals surface area contributed by atoms with Gasteiger partial charge in [-0.15, -0.1) is 0 Å². The Balaban J connectivity index is 1.53. The summed E-state index contributed by atoms with van der Waals surface area (Å²) in [6, 6.07) is 14.1. The van der Waals surface area contributed by atoms with E-state index in [4.69, 9.17) is 14.6 Å². The van der Waals surface area contributed by atoms with Gasteiger partial charge in [0.15, 0.2) is 0 Å². The van der Waals surface area contributed by atoms with Crippen LogP contribution < -0.4 is 9.47 Å². The van der Waals surface area contributed by atoms with Crippen LogP contribution in [0.4, 0.5) is 0 Å². The monoisotopic (exact) mass is 403 g/mol. The molecule has 0 bridgehead atoms. The smallest absolute Gasteiger partial charge is 0.335 e. The van der Waals surface area contributed by atoms with Crippen LogP contribution in [0.3, 0.4) is 0 Å². The van der Waals surface area contributed by atoms with Crippen LogP contribution in [0.5, 0.6) is 17.2 Å². The molecule has 0 saturated heterocycles. The number of imidazole rings is 1. The van der Waals surface area contributed by atoms with E-state index >= 15 is 0 Å². The summed E-state index contributed by atoms with van der Waals surface area (Å²) in [5, 5.41) is 9.11. The van der Waals surface area contributed by atoms with Crippen molar-refractivity contribution < 1.29 is 19.4 Å². The van der Waals surface area contributed by atoms with Gasteiger partial charge in [-0.1, -0.05) is 13.0 Å². The van der Waals surface area contributed by atoms with Crippen LogP contribution >= 0.6 is 0 Å². The van der Waals surface area contributed by atoms with Crippen molar-refractivity contribution >= 4 is 17.0 Å². The number of rotatable bonds is 7. The topological polar surface area (TPSA) is 86.5 Å². The summed E-state index contributed by atoms with van der Waals surface area (Å²) in [6.45, 7) is 2.29. The Hall–Kier alpha value is -3.87. The second-order valence-electron chi connectivity index (χ2n) is 6.84. The summed E-state index contributed by atoms with van der Waals surface area (Å²) < 4.78 is 13.7. The predicted molar refractivity (Wildman–Crippen MR) is 112 cm³/mol. The number of carboxylic acids is 1. The molecule has 4 rings (SSSR count). The lowest BCUT2D eigenvalue weighted by Gasteiger charge is -2.08. The maximum absolute atomic E-state index is 11.1. The van der Waals surface area contributed by atoms with E-state index in [-0.39, 0.29) is 12.2 Å². The SMILES string of the molecule is CCc1cncc(Oc2ccc3nc(COc4cccc(C(=O)O)c4)n(C)c3c2)c1. The molecule has 0 radical (unpaired) electrons. The minimum Gasteiger partial charge on any atom is -0.486 e. The zero-order valence-corrected chi connectivity index (χ0v) is 16.7. The molecule has 2 heterocycles. The number of benzene rings is 2. The van der Waals surface area contributed by atoms with Crippen molar-refractivity contribution in [1.82, 2.24) is 14.5 Å². The number of hydrogen-bond acceptors (Lipinski definition) is 5. The number of hydrogen-bond donors (Lipinski definition) is 1. The van der Waals surface area contributed by atoms with Gasteiger partial charge in [0.25, 0.3) is 0 Å². The molecule has 7 nitrogen and oxygen atoms in total. The number of pyridine rings is 1. The Labute approximate surface area is 173 Å².